The predicted octanol–water partition coefficient (Wildman–Crippen LogP) is 2.25. The number of rotatable bonds is 8. The molecule has 2 unspecified atom stereocenters. The SMILES string of the molecule is CC1CC(C)CN(CCN(CCC(=O)N2CCNCC2)S(=O)(=O)c2cccc(F)c2)C1.O=C(O)C(F)(F)F. The Balaban J connectivity index is 0.000000638. The molecule has 2 aliphatic heterocycles. The Morgan fingerprint density at radius 2 is 1.68 bits per heavy atom. The van der Waals surface area contributed by atoms with Gasteiger partial charge in [0.2, 0.25) is 15.9 Å². The Morgan fingerprint density at radius 3 is 2.21 bits per heavy atom. The first kappa shape index (κ1) is 31.9. The summed E-state index contributed by atoms with van der Waals surface area (Å²) in [5.74, 6) is -2.23. The number of nitrogens with one attached hydrogen (secondary N) is 1. The highest BCUT2D eigenvalue weighted by molar-refractivity contribution is 7.89. The van der Waals surface area contributed by atoms with Crippen LogP contribution in [0.4, 0.5) is 17.6 Å². The lowest BCUT2D eigenvalue weighted by Crippen LogP contribution is -2.48. The lowest BCUT2D eigenvalue weighted by molar-refractivity contribution is -0.192. The van der Waals surface area contributed by atoms with Crippen LogP contribution in [0.25, 0.3) is 0 Å². The summed E-state index contributed by atoms with van der Waals surface area (Å²) in [5, 5.41) is 10.3. The molecule has 2 saturated heterocycles. The molecule has 2 fully saturated rings. The maximum atomic E-state index is 13.7. The van der Waals surface area contributed by atoms with Crippen molar-refractivity contribution in [3.63, 3.8) is 0 Å². The first-order chi connectivity index (χ1) is 17.7. The highest BCUT2D eigenvalue weighted by atomic mass is 32.2. The third-order valence-corrected chi connectivity index (χ3v) is 8.23. The molecular weight excluding hydrogens is 532 g/mol. The summed E-state index contributed by atoms with van der Waals surface area (Å²) in [6.07, 6.45) is -3.78. The van der Waals surface area contributed by atoms with E-state index in [2.05, 4.69) is 24.1 Å². The number of nitrogens with zero attached hydrogens (tertiary/aromatic N) is 3. The van der Waals surface area contributed by atoms with E-state index in [0.29, 0.717) is 31.5 Å². The van der Waals surface area contributed by atoms with E-state index in [1.165, 1.54) is 28.9 Å². The zero-order chi connectivity index (χ0) is 28.5. The summed E-state index contributed by atoms with van der Waals surface area (Å²) in [6.45, 7) is 10.1. The molecule has 2 atom stereocenters. The average molecular weight is 569 g/mol. The van der Waals surface area contributed by atoms with Crippen molar-refractivity contribution in [3.05, 3.63) is 30.1 Å². The summed E-state index contributed by atoms with van der Waals surface area (Å²) < 4.78 is 73.4. The number of piperazine rings is 1. The Bertz CT molecular complexity index is 1020. The van der Waals surface area contributed by atoms with Crippen LogP contribution in [-0.4, -0.2) is 105 Å². The second kappa shape index (κ2) is 14.2. The fourth-order valence-electron chi connectivity index (χ4n) is 4.65. The summed E-state index contributed by atoms with van der Waals surface area (Å²) >= 11 is 0. The molecule has 9 nitrogen and oxygen atoms in total. The van der Waals surface area contributed by atoms with Gasteiger partial charge in [-0.25, -0.2) is 17.6 Å². The molecule has 0 aromatic heterocycles. The van der Waals surface area contributed by atoms with Gasteiger partial charge in [0, 0.05) is 65.3 Å². The van der Waals surface area contributed by atoms with Gasteiger partial charge in [-0.1, -0.05) is 19.9 Å². The monoisotopic (exact) mass is 568 g/mol. The summed E-state index contributed by atoms with van der Waals surface area (Å²) in [6, 6.07) is 5.09. The fourth-order valence-corrected chi connectivity index (χ4v) is 6.11. The summed E-state index contributed by atoms with van der Waals surface area (Å²) in [5.41, 5.74) is 0. The molecule has 0 saturated carbocycles. The minimum Gasteiger partial charge on any atom is -0.475 e. The van der Waals surface area contributed by atoms with Crippen LogP contribution in [0, 0.1) is 17.7 Å². The molecular formula is C24H36F4N4O5S. The molecule has 0 radical (unpaired) electrons. The summed E-state index contributed by atoms with van der Waals surface area (Å²) in [4.78, 5) is 25.5. The largest absolute Gasteiger partial charge is 0.490 e. The van der Waals surface area contributed by atoms with Gasteiger partial charge in [0.1, 0.15) is 5.82 Å². The van der Waals surface area contributed by atoms with Crippen molar-refractivity contribution in [3.8, 4) is 0 Å². The van der Waals surface area contributed by atoms with Crippen molar-refractivity contribution >= 4 is 21.9 Å². The topological polar surface area (TPSA) is 110 Å². The predicted molar refractivity (Wildman–Crippen MR) is 132 cm³/mol. The van der Waals surface area contributed by atoms with Gasteiger partial charge in [-0.2, -0.15) is 17.5 Å². The number of amides is 1. The normalized spacial score (nSPS) is 21.1. The molecule has 14 heteroatoms. The third kappa shape index (κ3) is 10.1. The molecule has 0 bridgehead atoms. The molecule has 1 aromatic carbocycles. The third-order valence-electron chi connectivity index (χ3n) is 6.33. The van der Waals surface area contributed by atoms with E-state index in [-0.39, 0.29) is 30.3 Å². The molecule has 1 amide bonds. The van der Waals surface area contributed by atoms with Gasteiger partial charge >= 0.3 is 12.1 Å². The number of halogens is 4. The van der Waals surface area contributed by atoms with Crippen LogP contribution in [0.3, 0.4) is 0 Å². The Hall–Kier alpha value is -2.29. The fraction of sp³-hybridized carbons (Fsp3) is 0.667. The molecule has 2 heterocycles. The van der Waals surface area contributed by atoms with Gasteiger partial charge in [0.25, 0.3) is 0 Å². The second-order valence-electron chi connectivity index (χ2n) is 9.75. The van der Waals surface area contributed by atoms with Gasteiger partial charge < -0.3 is 20.2 Å². The smallest absolute Gasteiger partial charge is 0.475 e. The Morgan fingerprint density at radius 1 is 1.11 bits per heavy atom. The second-order valence-corrected chi connectivity index (χ2v) is 11.7. The molecule has 3 rings (SSSR count). The standard InChI is InChI=1S/C22H35FN4O3S.C2HF3O2/c1-18-14-19(2)17-25(16-18)12-13-27(9-6-22(28)26-10-7-24-8-11-26)31(29,30)21-5-3-4-20(23)15-21;3-2(4,5)1(6)7/h3-5,15,18-19,24H,6-14,16-17H2,1-2H3;(H,6,7). The lowest BCUT2D eigenvalue weighted by Gasteiger charge is -2.36. The molecule has 0 spiro atoms. The molecule has 2 N–H and O–H groups in total. The number of carbonyl (C=O) groups is 2. The van der Waals surface area contributed by atoms with Crippen molar-refractivity contribution in [2.24, 2.45) is 11.8 Å². The van der Waals surface area contributed by atoms with E-state index >= 15 is 0 Å². The van der Waals surface area contributed by atoms with Gasteiger partial charge in [-0.3, -0.25) is 4.79 Å². The number of hydrogen-bond acceptors (Lipinski definition) is 6. The van der Waals surface area contributed by atoms with Crippen LogP contribution in [0.2, 0.25) is 0 Å². The van der Waals surface area contributed by atoms with E-state index in [4.69, 9.17) is 9.90 Å². The number of sulfonamides is 1. The maximum Gasteiger partial charge on any atom is 0.490 e. The number of aliphatic carboxylic acids is 1. The van der Waals surface area contributed by atoms with Crippen LogP contribution in [0.1, 0.15) is 26.7 Å². The first-order valence-corrected chi connectivity index (χ1v) is 13.9. The molecule has 38 heavy (non-hydrogen) atoms. The van der Waals surface area contributed by atoms with Gasteiger partial charge in [-0.15, -0.1) is 0 Å². The van der Waals surface area contributed by atoms with E-state index < -0.39 is 28.0 Å². The van der Waals surface area contributed by atoms with Crippen molar-refractivity contribution < 1.29 is 40.7 Å². The zero-order valence-electron chi connectivity index (χ0n) is 21.6. The van der Waals surface area contributed by atoms with Crippen molar-refractivity contribution in [2.45, 2.75) is 37.8 Å². The van der Waals surface area contributed by atoms with Crippen molar-refractivity contribution in [2.75, 3.05) is 58.9 Å². The van der Waals surface area contributed by atoms with Gasteiger partial charge in [-0.05, 0) is 36.5 Å². The van der Waals surface area contributed by atoms with Crippen LogP contribution in [-0.2, 0) is 19.6 Å². The number of piperidine rings is 1. The molecule has 2 aliphatic rings. The minimum atomic E-state index is -5.08. The molecule has 1 aromatic rings. The number of carboxylic acids is 1. The molecule has 216 valence electrons. The van der Waals surface area contributed by atoms with E-state index in [1.807, 2.05) is 0 Å². The number of likely N-dealkylation sites (tertiary alicyclic amines) is 1. The first-order valence-electron chi connectivity index (χ1n) is 12.5. The van der Waals surface area contributed by atoms with Crippen LogP contribution in [0.5, 0.6) is 0 Å². The number of alkyl halides is 3. The van der Waals surface area contributed by atoms with Crippen molar-refractivity contribution in [1.82, 2.24) is 19.4 Å². The minimum absolute atomic E-state index is 0.0406. The number of carbonyl (C=O) groups excluding carboxylic acids is 1. The van der Waals surface area contributed by atoms with Crippen molar-refractivity contribution in [1.29, 1.82) is 0 Å². The van der Waals surface area contributed by atoms with Crippen LogP contribution >= 0.6 is 0 Å². The Kier molecular flexibility index (Phi) is 11.9. The number of benzene rings is 1. The van der Waals surface area contributed by atoms with E-state index in [0.717, 1.165) is 32.2 Å². The lowest BCUT2D eigenvalue weighted by atomic mass is 9.92. The van der Waals surface area contributed by atoms with Crippen LogP contribution < -0.4 is 5.32 Å². The zero-order valence-corrected chi connectivity index (χ0v) is 22.4. The van der Waals surface area contributed by atoms with E-state index in [9.17, 15) is 30.8 Å². The summed E-state index contributed by atoms with van der Waals surface area (Å²) in [7, 11) is -3.89. The number of carboxylic acid groups (broad SMARTS) is 1. The molecule has 0 aliphatic carbocycles. The van der Waals surface area contributed by atoms with Gasteiger partial charge in [0.15, 0.2) is 0 Å². The average Bonchev–Trinajstić information content (AvgIpc) is 2.83. The highest BCUT2D eigenvalue weighted by Crippen LogP contribution is 2.22. The number of hydrogen-bond donors (Lipinski definition) is 2. The Labute approximate surface area is 220 Å². The van der Waals surface area contributed by atoms with Crippen LogP contribution in [0.15, 0.2) is 29.2 Å². The quantitative estimate of drug-likeness (QED) is 0.463. The van der Waals surface area contributed by atoms with E-state index in [1.54, 1.807) is 4.90 Å². The maximum absolute atomic E-state index is 13.7. The highest BCUT2D eigenvalue weighted by Gasteiger charge is 2.38. The van der Waals surface area contributed by atoms with Gasteiger partial charge in [0.05, 0.1) is 4.90 Å².